The van der Waals surface area contributed by atoms with Gasteiger partial charge < -0.3 is 5.32 Å². The van der Waals surface area contributed by atoms with Crippen LogP contribution in [0, 0.1) is 5.82 Å². The van der Waals surface area contributed by atoms with E-state index in [4.69, 9.17) is 0 Å². The monoisotopic (exact) mass is 299 g/mol. The summed E-state index contributed by atoms with van der Waals surface area (Å²) in [6.45, 7) is 3.34. The lowest BCUT2D eigenvalue weighted by molar-refractivity contribution is -0.141. The molecule has 2 rings (SSSR count). The van der Waals surface area contributed by atoms with E-state index in [1.54, 1.807) is 0 Å². The maximum atomic E-state index is 12.8. The third-order valence-electron chi connectivity index (χ3n) is 2.53. The number of hydrogen-bond donors (Lipinski definition) is 1. The number of anilines is 2. The molecule has 0 saturated carbocycles. The molecule has 2 aromatic rings. The quantitative estimate of drug-likeness (QED) is 0.885. The van der Waals surface area contributed by atoms with Crippen molar-refractivity contribution in [2.24, 2.45) is 0 Å². The van der Waals surface area contributed by atoms with E-state index in [-0.39, 0.29) is 11.6 Å². The average Bonchev–Trinajstić information content (AvgIpc) is 2.40. The van der Waals surface area contributed by atoms with Gasteiger partial charge in [-0.2, -0.15) is 13.2 Å². The van der Waals surface area contributed by atoms with Crippen molar-refractivity contribution in [2.75, 3.05) is 5.32 Å². The van der Waals surface area contributed by atoms with Crippen LogP contribution in [0.3, 0.4) is 0 Å². The van der Waals surface area contributed by atoms with E-state index in [9.17, 15) is 22.4 Å². The Kier molecular flexibility index (Phi) is 3.79. The second-order valence-electron chi connectivity index (χ2n) is 3.99. The fourth-order valence-corrected chi connectivity index (χ4v) is 1.56. The standard InChI is InChI=1S/C13H9F4N3O/c1-2-20-11(21)7-10(13(15,16)17)19-12(20)18-9-5-3-8(14)4-6-9/h2-7H,1H2,(H,18,19). The molecule has 0 aliphatic heterocycles. The van der Waals surface area contributed by atoms with Gasteiger partial charge in [0.2, 0.25) is 5.95 Å². The Labute approximate surface area is 116 Å². The molecule has 110 valence electrons. The van der Waals surface area contributed by atoms with Gasteiger partial charge in [0.05, 0.1) is 0 Å². The van der Waals surface area contributed by atoms with Crippen molar-refractivity contribution in [3.63, 3.8) is 0 Å². The molecule has 0 spiro atoms. The Balaban J connectivity index is 2.50. The highest BCUT2D eigenvalue weighted by atomic mass is 19.4. The summed E-state index contributed by atoms with van der Waals surface area (Å²) >= 11 is 0. The Hall–Kier alpha value is -2.64. The number of rotatable bonds is 3. The average molecular weight is 299 g/mol. The molecule has 0 aliphatic carbocycles. The Morgan fingerprint density at radius 3 is 2.38 bits per heavy atom. The van der Waals surface area contributed by atoms with E-state index in [0.717, 1.165) is 22.9 Å². The summed E-state index contributed by atoms with van der Waals surface area (Å²) in [7, 11) is 0. The van der Waals surface area contributed by atoms with E-state index in [1.807, 2.05) is 0 Å². The maximum absolute atomic E-state index is 12.8. The van der Waals surface area contributed by atoms with Gasteiger partial charge in [-0.15, -0.1) is 0 Å². The third kappa shape index (κ3) is 3.28. The van der Waals surface area contributed by atoms with E-state index >= 15 is 0 Å². The molecule has 1 heterocycles. The first-order valence-electron chi connectivity index (χ1n) is 5.67. The summed E-state index contributed by atoms with van der Waals surface area (Å²) in [5, 5.41) is 2.52. The number of halogens is 4. The van der Waals surface area contributed by atoms with Gasteiger partial charge in [0.1, 0.15) is 5.82 Å². The molecule has 0 unspecified atom stereocenters. The van der Waals surface area contributed by atoms with Crippen LogP contribution < -0.4 is 10.9 Å². The molecule has 0 saturated heterocycles. The van der Waals surface area contributed by atoms with Gasteiger partial charge >= 0.3 is 6.18 Å². The molecule has 8 heteroatoms. The fourth-order valence-electron chi connectivity index (χ4n) is 1.56. The molecule has 21 heavy (non-hydrogen) atoms. The summed E-state index contributed by atoms with van der Waals surface area (Å²) in [5.41, 5.74) is -1.98. The zero-order valence-corrected chi connectivity index (χ0v) is 10.5. The van der Waals surface area contributed by atoms with Gasteiger partial charge in [0.25, 0.3) is 5.56 Å². The van der Waals surface area contributed by atoms with Crippen LogP contribution in [0.1, 0.15) is 5.69 Å². The van der Waals surface area contributed by atoms with Crippen LogP contribution in [0.5, 0.6) is 0 Å². The lowest BCUT2D eigenvalue weighted by Crippen LogP contribution is -2.23. The molecule has 0 aliphatic rings. The Morgan fingerprint density at radius 1 is 1.24 bits per heavy atom. The molecule has 0 radical (unpaired) electrons. The van der Waals surface area contributed by atoms with Crippen LogP contribution in [0.2, 0.25) is 0 Å². The van der Waals surface area contributed by atoms with Crippen LogP contribution in [0.15, 0.2) is 41.7 Å². The summed E-state index contributed by atoms with van der Waals surface area (Å²) in [6, 6.07) is 5.21. The van der Waals surface area contributed by atoms with Crippen molar-refractivity contribution in [2.45, 2.75) is 6.18 Å². The number of hydrogen-bond acceptors (Lipinski definition) is 3. The normalized spacial score (nSPS) is 11.2. The topological polar surface area (TPSA) is 46.9 Å². The van der Waals surface area contributed by atoms with Gasteiger partial charge in [0, 0.05) is 18.0 Å². The minimum Gasteiger partial charge on any atom is -0.325 e. The van der Waals surface area contributed by atoms with E-state index in [0.29, 0.717) is 6.07 Å². The molecule has 0 amide bonds. The number of nitrogens with one attached hydrogen (secondary N) is 1. The van der Waals surface area contributed by atoms with Gasteiger partial charge in [-0.25, -0.2) is 9.37 Å². The van der Waals surface area contributed by atoms with Crippen molar-refractivity contribution in [3.05, 3.63) is 58.8 Å². The highest BCUT2D eigenvalue weighted by Gasteiger charge is 2.34. The third-order valence-corrected chi connectivity index (χ3v) is 2.53. The lowest BCUT2D eigenvalue weighted by atomic mass is 10.3. The molecule has 0 fully saturated rings. The molecular formula is C13H9F4N3O. The maximum Gasteiger partial charge on any atom is 0.433 e. The summed E-state index contributed by atoms with van der Waals surface area (Å²) in [5.74, 6) is -0.866. The number of alkyl halides is 3. The number of aromatic nitrogens is 2. The van der Waals surface area contributed by atoms with E-state index < -0.39 is 23.2 Å². The Morgan fingerprint density at radius 2 is 1.86 bits per heavy atom. The predicted molar refractivity (Wildman–Crippen MR) is 69.6 cm³/mol. The zero-order chi connectivity index (χ0) is 15.6. The highest BCUT2D eigenvalue weighted by molar-refractivity contribution is 5.55. The number of benzene rings is 1. The minimum atomic E-state index is -4.75. The van der Waals surface area contributed by atoms with Crippen LogP contribution >= 0.6 is 0 Å². The van der Waals surface area contributed by atoms with Crippen molar-refractivity contribution in [3.8, 4) is 0 Å². The molecule has 1 aromatic carbocycles. The second kappa shape index (κ2) is 5.39. The molecule has 0 bridgehead atoms. The van der Waals surface area contributed by atoms with Crippen molar-refractivity contribution >= 4 is 17.8 Å². The summed E-state index contributed by atoms with van der Waals surface area (Å²) in [4.78, 5) is 15.0. The minimum absolute atomic E-state index is 0.276. The Bertz CT molecular complexity index is 720. The van der Waals surface area contributed by atoms with E-state index in [2.05, 4.69) is 16.9 Å². The lowest BCUT2D eigenvalue weighted by Gasteiger charge is -2.13. The first-order chi connectivity index (χ1) is 9.81. The van der Waals surface area contributed by atoms with Gasteiger partial charge in [-0.1, -0.05) is 6.58 Å². The highest BCUT2D eigenvalue weighted by Crippen LogP contribution is 2.27. The fraction of sp³-hybridized carbons (Fsp3) is 0.0769. The second-order valence-corrected chi connectivity index (χ2v) is 3.99. The molecular weight excluding hydrogens is 290 g/mol. The van der Waals surface area contributed by atoms with Crippen molar-refractivity contribution in [1.29, 1.82) is 0 Å². The number of nitrogens with zero attached hydrogens (tertiary/aromatic N) is 2. The van der Waals surface area contributed by atoms with Crippen LogP contribution in [-0.4, -0.2) is 9.55 Å². The van der Waals surface area contributed by atoms with Crippen molar-refractivity contribution < 1.29 is 17.6 Å². The smallest absolute Gasteiger partial charge is 0.325 e. The molecule has 1 aromatic heterocycles. The van der Waals surface area contributed by atoms with Crippen LogP contribution in [-0.2, 0) is 6.18 Å². The van der Waals surface area contributed by atoms with Crippen molar-refractivity contribution in [1.82, 2.24) is 9.55 Å². The predicted octanol–water partition coefficient (Wildman–Crippen LogP) is 3.25. The molecule has 4 nitrogen and oxygen atoms in total. The van der Waals surface area contributed by atoms with Crippen LogP contribution in [0.25, 0.3) is 6.20 Å². The first kappa shape index (κ1) is 14.8. The summed E-state index contributed by atoms with van der Waals surface area (Å²) < 4.78 is 51.6. The molecule has 1 N–H and O–H groups in total. The SMILES string of the molecule is C=Cn1c(Nc2ccc(F)cc2)nc(C(F)(F)F)cc1=O. The first-order valence-corrected chi connectivity index (χ1v) is 5.67. The van der Waals surface area contributed by atoms with Gasteiger partial charge in [-0.3, -0.25) is 9.36 Å². The van der Waals surface area contributed by atoms with Gasteiger partial charge in [-0.05, 0) is 24.3 Å². The van der Waals surface area contributed by atoms with Crippen LogP contribution in [0.4, 0.5) is 29.2 Å². The van der Waals surface area contributed by atoms with E-state index in [1.165, 1.54) is 12.1 Å². The largest absolute Gasteiger partial charge is 0.433 e. The zero-order valence-electron chi connectivity index (χ0n) is 10.5. The van der Waals surface area contributed by atoms with Gasteiger partial charge in [0.15, 0.2) is 5.69 Å². The molecule has 0 atom stereocenters. The summed E-state index contributed by atoms with van der Waals surface area (Å²) in [6.07, 6.45) is -3.72.